The lowest BCUT2D eigenvalue weighted by Crippen LogP contribution is -2.27. The first-order valence-electron chi connectivity index (χ1n) is 9.39. The largest absolute Gasteiger partial charge is 0.380 e. The van der Waals surface area contributed by atoms with Crippen LogP contribution >= 0.6 is 0 Å². The molecule has 0 bridgehead atoms. The summed E-state index contributed by atoms with van der Waals surface area (Å²) in [6.45, 7) is 1.47. The van der Waals surface area contributed by atoms with Crippen molar-refractivity contribution in [3.05, 3.63) is 66.0 Å². The van der Waals surface area contributed by atoms with E-state index in [-0.39, 0.29) is 0 Å². The molecule has 0 amide bonds. The average molecular weight is 357 g/mol. The van der Waals surface area contributed by atoms with Crippen molar-refractivity contribution in [2.45, 2.75) is 31.9 Å². The maximum atomic E-state index is 5.26. The van der Waals surface area contributed by atoms with Crippen LogP contribution in [0, 0.1) is 11.8 Å². The van der Waals surface area contributed by atoms with Gasteiger partial charge in [0, 0.05) is 37.1 Å². The second-order valence-electron chi connectivity index (χ2n) is 6.78. The molecule has 2 aromatic carbocycles. The summed E-state index contributed by atoms with van der Waals surface area (Å²) >= 11 is 0. The summed E-state index contributed by atoms with van der Waals surface area (Å²) in [5, 5.41) is 1.12. The third kappa shape index (κ3) is 4.10. The Labute approximate surface area is 160 Å². The molecule has 1 saturated carbocycles. The number of hydrogen-bond acceptors (Lipinski definition) is 4. The van der Waals surface area contributed by atoms with Crippen molar-refractivity contribution in [1.29, 1.82) is 0 Å². The number of ether oxygens (including phenoxy) is 1. The van der Waals surface area contributed by atoms with Gasteiger partial charge in [0.05, 0.1) is 12.1 Å². The van der Waals surface area contributed by atoms with Gasteiger partial charge in [0.2, 0.25) is 0 Å². The number of fused-ring (bicyclic) bond motifs is 1. The van der Waals surface area contributed by atoms with Crippen molar-refractivity contribution in [2.75, 3.05) is 18.6 Å². The average Bonchev–Trinajstić information content (AvgIpc) is 3.54. The van der Waals surface area contributed by atoms with Gasteiger partial charge in [-0.15, -0.1) is 0 Å². The minimum atomic E-state index is 0.575. The number of hydrogen-bond donors (Lipinski definition) is 0. The first kappa shape index (κ1) is 17.5. The quantitative estimate of drug-likeness (QED) is 0.620. The van der Waals surface area contributed by atoms with Crippen molar-refractivity contribution in [1.82, 2.24) is 9.97 Å². The van der Waals surface area contributed by atoms with Crippen molar-refractivity contribution in [2.24, 2.45) is 0 Å². The lowest BCUT2D eigenvalue weighted by Gasteiger charge is -2.23. The molecule has 4 heteroatoms. The van der Waals surface area contributed by atoms with Crippen LogP contribution in [0.3, 0.4) is 0 Å². The zero-order chi connectivity index (χ0) is 18.5. The van der Waals surface area contributed by atoms with Gasteiger partial charge in [-0.1, -0.05) is 42.2 Å². The highest BCUT2D eigenvalue weighted by molar-refractivity contribution is 5.89. The molecule has 0 spiro atoms. The lowest BCUT2D eigenvalue weighted by atomic mass is 10.1. The van der Waals surface area contributed by atoms with Crippen molar-refractivity contribution >= 4 is 16.7 Å². The van der Waals surface area contributed by atoms with Crippen molar-refractivity contribution < 1.29 is 4.74 Å². The van der Waals surface area contributed by atoms with Crippen molar-refractivity contribution in [3.8, 4) is 11.8 Å². The van der Waals surface area contributed by atoms with E-state index >= 15 is 0 Å². The molecule has 3 aromatic rings. The summed E-state index contributed by atoms with van der Waals surface area (Å²) < 4.78 is 5.26. The molecule has 4 rings (SSSR count). The molecular weight excluding hydrogens is 334 g/mol. The fourth-order valence-electron chi connectivity index (χ4n) is 3.32. The van der Waals surface area contributed by atoms with Crippen LogP contribution in [-0.4, -0.2) is 29.7 Å². The highest BCUT2D eigenvalue weighted by Gasteiger charge is 2.30. The van der Waals surface area contributed by atoms with Gasteiger partial charge in [-0.25, -0.2) is 9.97 Å². The maximum absolute atomic E-state index is 5.26. The molecule has 1 aliphatic rings. The van der Waals surface area contributed by atoms with Gasteiger partial charge in [-0.05, 0) is 36.6 Å². The lowest BCUT2D eigenvalue weighted by molar-refractivity contribution is 0.184. The van der Waals surface area contributed by atoms with Crippen LogP contribution in [0.1, 0.15) is 30.4 Å². The fourth-order valence-corrected chi connectivity index (χ4v) is 3.32. The normalized spacial score (nSPS) is 13.2. The van der Waals surface area contributed by atoms with E-state index in [9.17, 15) is 0 Å². The summed E-state index contributed by atoms with van der Waals surface area (Å²) in [6, 6.07) is 16.9. The molecule has 1 aromatic heterocycles. The van der Waals surface area contributed by atoms with Gasteiger partial charge < -0.3 is 9.64 Å². The Bertz CT molecular complexity index is 980. The number of benzene rings is 2. The molecule has 1 heterocycles. The van der Waals surface area contributed by atoms with E-state index < -0.39 is 0 Å². The molecule has 1 fully saturated rings. The Hall–Kier alpha value is -2.90. The molecule has 4 nitrogen and oxygen atoms in total. The zero-order valence-electron chi connectivity index (χ0n) is 15.6. The van der Waals surface area contributed by atoms with E-state index in [0.29, 0.717) is 12.6 Å². The molecule has 136 valence electrons. The Morgan fingerprint density at radius 2 is 1.89 bits per heavy atom. The number of para-hydroxylation sites is 1. The summed E-state index contributed by atoms with van der Waals surface area (Å²) in [5.74, 6) is 7.68. The van der Waals surface area contributed by atoms with E-state index in [1.54, 1.807) is 13.4 Å². The Kier molecular flexibility index (Phi) is 5.32. The Morgan fingerprint density at radius 1 is 1.07 bits per heavy atom. The van der Waals surface area contributed by atoms with Crippen LogP contribution in [0.25, 0.3) is 10.9 Å². The van der Waals surface area contributed by atoms with E-state index in [1.807, 2.05) is 30.3 Å². The number of methoxy groups -OCH3 is 1. The standard InChI is InChI=1S/C23H23N3O/c1-27-16-19-10-3-2-8-18(19)9-6-7-15-26(20-13-14-20)23-21-11-4-5-12-22(21)24-17-25-23/h2-5,8,10-12,17,20H,7,13-16H2,1H3. The van der Waals surface area contributed by atoms with Gasteiger partial charge in [0.25, 0.3) is 0 Å². The monoisotopic (exact) mass is 357 g/mol. The maximum Gasteiger partial charge on any atom is 0.140 e. The molecular formula is C23H23N3O. The third-order valence-corrected chi connectivity index (χ3v) is 4.80. The second kappa shape index (κ2) is 8.20. The minimum absolute atomic E-state index is 0.575. The zero-order valence-corrected chi connectivity index (χ0v) is 15.6. The Morgan fingerprint density at radius 3 is 2.74 bits per heavy atom. The molecule has 0 saturated heterocycles. The molecule has 1 aliphatic carbocycles. The van der Waals surface area contributed by atoms with Crippen LogP contribution in [0.2, 0.25) is 0 Å². The minimum Gasteiger partial charge on any atom is -0.380 e. The second-order valence-corrected chi connectivity index (χ2v) is 6.78. The first-order valence-corrected chi connectivity index (χ1v) is 9.39. The predicted octanol–water partition coefficient (Wildman–Crippen LogP) is 4.19. The van der Waals surface area contributed by atoms with Crippen LogP contribution in [0.5, 0.6) is 0 Å². The van der Waals surface area contributed by atoms with Gasteiger partial charge in [0.1, 0.15) is 12.1 Å². The highest BCUT2D eigenvalue weighted by Crippen LogP contribution is 2.33. The summed E-state index contributed by atoms with van der Waals surface area (Å²) in [4.78, 5) is 11.4. The van der Waals surface area contributed by atoms with E-state index in [4.69, 9.17) is 4.74 Å². The molecule has 0 N–H and O–H groups in total. The summed E-state index contributed by atoms with van der Waals surface area (Å²) in [7, 11) is 1.71. The smallest absolute Gasteiger partial charge is 0.140 e. The third-order valence-electron chi connectivity index (χ3n) is 4.80. The van der Waals surface area contributed by atoms with E-state index in [0.717, 1.165) is 40.8 Å². The molecule has 0 aliphatic heterocycles. The van der Waals surface area contributed by atoms with Crippen LogP contribution in [0.15, 0.2) is 54.9 Å². The SMILES string of the molecule is COCc1ccccc1C#CCCN(c1ncnc2ccccc12)C1CC1. The van der Waals surface area contributed by atoms with E-state index in [1.165, 1.54) is 12.8 Å². The van der Waals surface area contributed by atoms with Gasteiger partial charge in [-0.2, -0.15) is 0 Å². The van der Waals surface area contributed by atoms with Crippen LogP contribution < -0.4 is 4.90 Å². The number of rotatable bonds is 6. The fraction of sp³-hybridized carbons (Fsp3) is 0.304. The predicted molar refractivity (Wildman–Crippen MR) is 109 cm³/mol. The first-order chi connectivity index (χ1) is 13.4. The molecule has 27 heavy (non-hydrogen) atoms. The highest BCUT2D eigenvalue weighted by atomic mass is 16.5. The van der Waals surface area contributed by atoms with Gasteiger partial charge in [-0.3, -0.25) is 0 Å². The van der Waals surface area contributed by atoms with Gasteiger partial charge >= 0.3 is 0 Å². The number of aromatic nitrogens is 2. The summed E-state index contributed by atoms with van der Waals surface area (Å²) in [5.41, 5.74) is 3.17. The Balaban J connectivity index is 1.51. The van der Waals surface area contributed by atoms with Crippen LogP contribution in [-0.2, 0) is 11.3 Å². The molecule has 0 unspecified atom stereocenters. The van der Waals surface area contributed by atoms with Crippen molar-refractivity contribution in [3.63, 3.8) is 0 Å². The summed E-state index contributed by atoms with van der Waals surface area (Å²) in [6.07, 6.45) is 4.92. The van der Waals surface area contributed by atoms with E-state index in [2.05, 4.69) is 44.9 Å². The van der Waals surface area contributed by atoms with Crippen LogP contribution in [0.4, 0.5) is 5.82 Å². The molecule has 0 radical (unpaired) electrons. The molecule has 0 atom stereocenters. The van der Waals surface area contributed by atoms with Gasteiger partial charge in [0.15, 0.2) is 0 Å². The number of anilines is 1. The topological polar surface area (TPSA) is 38.2 Å². The number of nitrogens with zero attached hydrogens (tertiary/aromatic N) is 3.